The average molecular weight is 287 g/mol. The fraction of sp³-hybridized carbons (Fsp3) is 0.857. The van der Waals surface area contributed by atoms with Gasteiger partial charge in [-0.25, -0.2) is 0 Å². The Hall–Kier alpha value is -0.980. The predicted octanol–water partition coefficient (Wildman–Crippen LogP) is 0.372. The highest BCUT2D eigenvalue weighted by Gasteiger charge is 2.21. The van der Waals surface area contributed by atoms with Gasteiger partial charge in [0.1, 0.15) is 5.78 Å². The van der Waals surface area contributed by atoms with Gasteiger partial charge in [-0.1, -0.05) is 0 Å². The second-order valence-corrected chi connectivity index (χ2v) is 4.91. The fourth-order valence-electron chi connectivity index (χ4n) is 2.26. The predicted molar refractivity (Wildman–Crippen MR) is 73.4 cm³/mol. The zero-order chi connectivity index (χ0) is 14.8. The summed E-state index contributed by atoms with van der Waals surface area (Å²) in [5, 5.41) is 8.69. The highest BCUT2D eigenvalue weighted by atomic mass is 16.5. The number of carbonyl (C=O) groups is 2. The lowest BCUT2D eigenvalue weighted by Crippen LogP contribution is -2.40. The van der Waals surface area contributed by atoms with Crippen LogP contribution < -0.4 is 0 Å². The van der Waals surface area contributed by atoms with E-state index in [1.807, 2.05) is 0 Å². The number of carbonyl (C=O) groups excluding carboxylic acids is 2. The van der Waals surface area contributed by atoms with Gasteiger partial charge in [-0.2, -0.15) is 0 Å². The summed E-state index contributed by atoms with van der Waals surface area (Å²) < 4.78 is 10.3. The third kappa shape index (κ3) is 6.98. The first-order valence-corrected chi connectivity index (χ1v) is 7.27. The van der Waals surface area contributed by atoms with Crippen molar-refractivity contribution in [3.8, 4) is 0 Å². The molecule has 0 bridgehead atoms. The maximum Gasteiger partial charge on any atom is 0.306 e. The molecule has 0 aromatic rings. The van der Waals surface area contributed by atoms with Crippen molar-refractivity contribution in [2.75, 3.05) is 39.5 Å². The number of rotatable bonds is 9. The van der Waals surface area contributed by atoms with Gasteiger partial charge in [0.2, 0.25) is 0 Å². The van der Waals surface area contributed by atoms with Gasteiger partial charge in [0.15, 0.2) is 0 Å². The summed E-state index contributed by atoms with van der Waals surface area (Å²) in [4.78, 5) is 25.0. The van der Waals surface area contributed by atoms with Crippen molar-refractivity contribution in [2.24, 2.45) is 0 Å². The minimum atomic E-state index is -0.308. The lowest BCUT2D eigenvalue weighted by Gasteiger charge is -2.31. The molecule has 0 aromatic carbocycles. The SMILES string of the molecule is CCOC(=O)CCC(=O)CN1CCC(OCCO)CC1. The van der Waals surface area contributed by atoms with Crippen molar-refractivity contribution < 1.29 is 24.2 Å². The van der Waals surface area contributed by atoms with Gasteiger partial charge >= 0.3 is 5.97 Å². The van der Waals surface area contributed by atoms with E-state index >= 15 is 0 Å². The quantitative estimate of drug-likeness (QED) is 0.618. The highest BCUT2D eigenvalue weighted by molar-refractivity contribution is 5.84. The number of nitrogens with zero attached hydrogens (tertiary/aromatic N) is 1. The van der Waals surface area contributed by atoms with E-state index in [1.54, 1.807) is 6.92 Å². The Balaban J connectivity index is 2.13. The molecule has 0 aliphatic carbocycles. The summed E-state index contributed by atoms with van der Waals surface area (Å²) in [6.45, 7) is 4.57. The molecule has 0 amide bonds. The molecule has 0 radical (unpaired) electrons. The normalized spacial score (nSPS) is 17.1. The number of aliphatic hydroxyl groups is 1. The number of aliphatic hydroxyl groups excluding tert-OH is 1. The van der Waals surface area contributed by atoms with Crippen molar-refractivity contribution in [3.05, 3.63) is 0 Å². The minimum absolute atomic E-state index is 0.0482. The van der Waals surface area contributed by atoms with E-state index in [2.05, 4.69) is 4.90 Å². The van der Waals surface area contributed by atoms with E-state index < -0.39 is 0 Å². The van der Waals surface area contributed by atoms with Crippen molar-refractivity contribution in [1.82, 2.24) is 4.90 Å². The van der Waals surface area contributed by atoms with Crippen LogP contribution >= 0.6 is 0 Å². The van der Waals surface area contributed by atoms with Crippen molar-refractivity contribution in [1.29, 1.82) is 0 Å². The van der Waals surface area contributed by atoms with Crippen molar-refractivity contribution in [3.63, 3.8) is 0 Å². The van der Waals surface area contributed by atoms with Crippen molar-refractivity contribution in [2.45, 2.75) is 38.7 Å². The van der Waals surface area contributed by atoms with Crippen LogP contribution in [0, 0.1) is 0 Å². The van der Waals surface area contributed by atoms with E-state index in [0.29, 0.717) is 19.8 Å². The number of hydrogen-bond acceptors (Lipinski definition) is 6. The number of likely N-dealkylation sites (tertiary alicyclic amines) is 1. The first kappa shape index (κ1) is 17.1. The first-order chi connectivity index (χ1) is 9.65. The molecule has 1 aliphatic heterocycles. The summed E-state index contributed by atoms with van der Waals surface area (Å²) >= 11 is 0. The zero-order valence-corrected chi connectivity index (χ0v) is 12.2. The molecule has 1 heterocycles. The molecule has 0 spiro atoms. The number of piperidine rings is 1. The van der Waals surface area contributed by atoms with E-state index in [-0.39, 0.29) is 37.3 Å². The van der Waals surface area contributed by atoms with Crippen LogP contribution in [0.2, 0.25) is 0 Å². The van der Waals surface area contributed by atoms with Gasteiger partial charge in [0.25, 0.3) is 0 Å². The number of Topliss-reactive ketones (excluding diaryl/α,β-unsaturated/α-hetero) is 1. The lowest BCUT2D eigenvalue weighted by molar-refractivity contribution is -0.144. The second kappa shape index (κ2) is 9.85. The van der Waals surface area contributed by atoms with Crippen LogP contribution in [0.1, 0.15) is 32.6 Å². The van der Waals surface area contributed by atoms with E-state index in [4.69, 9.17) is 14.6 Å². The van der Waals surface area contributed by atoms with Gasteiger partial charge in [0, 0.05) is 19.5 Å². The first-order valence-electron chi connectivity index (χ1n) is 7.27. The fourth-order valence-corrected chi connectivity index (χ4v) is 2.26. The molecule has 0 saturated carbocycles. The Morgan fingerprint density at radius 3 is 2.55 bits per heavy atom. The molecular weight excluding hydrogens is 262 g/mol. The smallest absolute Gasteiger partial charge is 0.306 e. The zero-order valence-electron chi connectivity index (χ0n) is 12.2. The molecule has 0 unspecified atom stereocenters. The third-order valence-electron chi connectivity index (χ3n) is 3.29. The van der Waals surface area contributed by atoms with Crippen LogP contribution in [0.4, 0.5) is 0 Å². The number of ether oxygens (including phenoxy) is 2. The monoisotopic (exact) mass is 287 g/mol. The van der Waals surface area contributed by atoms with Gasteiger partial charge in [-0.15, -0.1) is 0 Å². The molecule has 116 valence electrons. The molecule has 1 rings (SSSR count). The van der Waals surface area contributed by atoms with Crippen LogP contribution in [0.15, 0.2) is 0 Å². The number of ketones is 1. The lowest BCUT2D eigenvalue weighted by atomic mass is 10.1. The van der Waals surface area contributed by atoms with Crippen LogP contribution in [-0.2, 0) is 19.1 Å². The molecule has 1 aliphatic rings. The standard InChI is InChI=1S/C14H25NO5/c1-2-19-14(18)4-3-12(17)11-15-7-5-13(6-8-15)20-10-9-16/h13,16H,2-11H2,1H3. The van der Waals surface area contributed by atoms with Crippen LogP contribution in [0.25, 0.3) is 0 Å². The molecule has 6 heteroatoms. The summed E-state index contributed by atoms with van der Waals surface area (Å²) in [5.74, 6) is -0.232. The van der Waals surface area contributed by atoms with Crippen LogP contribution in [0.3, 0.4) is 0 Å². The van der Waals surface area contributed by atoms with E-state index in [9.17, 15) is 9.59 Å². The Bertz CT molecular complexity index is 300. The molecule has 0 atom stereocenters. The van der Waals surface area contributed by atoms with Crippen LogP contribution in [0.5, 0.6) is 0 Å². The molecule has 1 N–H and O–H groups in total. The van der Waals surface area contributed by atoms with Crippen LogP contribution in [-0.4, -0.2) is 67.3 Å². The maximum atomic E-state index is 11.8. The minimum Gasteiger partial charge on any atom is -0.466 e. The van der Waals surface area contributed by atoms with Gasteiger partial charge < -0.3 is 14.6 Å². The number of esters is 1. The third-order valence-corrected chi connectivity index (χ3v) is 3.29. The van der Waals surface area contributed by atoms with Crippen molar-refractivity contribution >= 4 is 11.8 Å². The average Bonchev–Trinajstić information content (AvgIpc) is 2.45. The molecular formula is C14H25NO5. The Labute approximate surface area is 120 Å². The molecule has 6 nitrogen and oxygen atoms in total. The molecule has 1 saturated heterocycles. The molecule has 0 aromatic heterocycles. The Morgan fingerprint density at radius 2 is 1.95 bits per heavy atom. The molecule has 1 fully saturated rings. The summed E-state index contributed by atoms with van der Waals surface area (Å²) in [6, 6.07) is 0. The summed E-state index contributed by atoms with van der Waals surface area (Å²) in [7, 11) is 0. The highest BCUT2D eigenvalue weighted by Crippen LogP contribution is 2.13. The summed E-state index contributed by atoms with van der Waals surface area (Å²) in [6.07, 6.45) is 2.37. The maximum absolute atomic E-state index is 11.8. The molecule has 20 heavy (non-hydrogen) atoms. The Kier molecular flexibility index (Phi) is 8.41. The van der Waals surface area contributed by atoms with Gasteiger partial charge in [-0.05, 0) is 19.8 Å². The Morgan fingerprint density at radius 1 is 1.25 bits per heavy atom. The second-order valence-electron chi connectivity index (χ2n) is 4.91. The summed E-state index contributed by atoms with van der Waals surface area (Å²) in [5.41, 5.74) is 0. The van der Waals surface area contributed by atoms with Gasteiger partial charge in [0.05, 0.1) is 38.9 Å². The van der Waals surface area contributed by atoms with E-state index in [1.165, 1.54) is 0 Å². The topological polar surface area (TPSA) is 76.1 Å². The van der Waals surface area contributed by atoms with Gasteiger partial charge in [-0.3, -0.25) is 14.5 Å². The largest absolute Gasteiger partial charge is 0.466 e. The number of hydrogen-bond donors (Lipinski definition) is 1. The van der Waals surface area contributed by atoms with E-state index in [0.717, 1.165) is 25.9 Å².